The van der Waals surface area contributed by atoms with Crippen LogP contribution in [0.1, 0.15) is 29.5 Å². The summed E-state index contributed by atoms with van der Waals surface area (Å²) >= 11 is 0. The lowest BCUT2D eigenvalue weighted by Gasteiger charge is -2.19. The van der Waals surface area contributed by atoms with Gasteiger partial charge in [-0.3, -0.25) is 4.90 Å². The summed E-state index contributed by atoms with van der Waals surface area (Å²) in [5, 5.41) is 3.62. The van der Waals surface area contributed by atoms with Crippen LogP contribution in [0.4, 0.5) is 0 Å². The summed E-state index contributed by atoms with van der Waals surface area (Å²) in [5.74, 6) is 0. The zero-order chi connectivity index (χ0) is 14.5. The van der Waals surface area contributed by atoms with Crippen molar-refractivity contribution < 1.29 is 0 Å². The van der Waals surface area contributed by atoms with E-state index < -0.39 is 0 Å². The van der Waals surface area contributed by atoms with Gasteiger partial charge in [-0.1, -0.05) is 54.6 Å². The van der Waals surface area contributed by atoms with Gasteiger partial charge in [0.15, 0.2) is 0 Å². The predicted octanol–water partition coefficient (Wildman–Crippen LogP) is 3.57. The number of hydrogen-bond acceptors (Lipinski definition) is 2. The van der Waals surface area contributed by atoms with Crippen LogP contribution >= 0.6 is 0 Å². The first-order valence-electron chi connectivity index (χ1n) is 7.84. The van der Waals surface area contributed by atoms with Gasteiger partial charge >= 0.3 is 0 Å². The molecule has 1 saturated carbocycles. The first kappa shape index (κ1) is 14.3. The Morgan fingerprint density at radius 1 is 0.905 bits per heavy atom. The van der Waals surface area contributed by atoms with E-state index in [1.54, 1.807) is 0 Å². The van der Waals surface area contributed by atoms with Crippen molar-refractivity contribution >= 4 is 0 Å². The Morgan fingerprint density at radius 2 is 1.57 bits per heavy atom. The van der Waals surface area contributed by atoms with Crippen LogP contribution in [-0.2, 0) is 19.6 Å². The fourth-order valence-corrected chi connectivity index (χ4v) is 2.67. The lowest BCUT2D eigenvalue weighted by atomic mass is 10.1. The Hall–Kier alpha value is -1.64. The summed E-state index contributed by atoms with van der Waals surface area (Å²) in [6, 6.07) is 20.2. The molecule has 0 atom stereocenters. The van der Waals surface area contributed by atoms with E-state index in [4.69, 9.17) is 0 Å². The van der Waals surface area contributed by atoms with Crippen molar-refractivity contribution in [2.75, 3.05) is 7.05 Å². The van der Waals surface area contributed by atoms with E-state index in [2.05, 4.69) is 71.9 Å². The van der Waals surface area contributed by atoms with Crippen LogP contribution in [0.5, 0.6) is 0 Å². The summed E-state index contributed by atoms with van der Waals surface area (Å²) in [6.45, 7) is 2.99. The third kappa shape index (κ3) is 4.42. The molecule has 1 fully saturated rings. The molecule has 2 aromatic carbocycles. The van der Waals surface area contributed by atoms with Gasteiger partial charge in [-0.2, -0.15) is 0 Å². The smallest absolute Gasteiger partial charge is 0.0237 e. The molecule has 0 saturated heterocycles. The highest BCUT2D eigenvalue weighted by Crippen LogP contribution is 2.20. The molecular formula is C19H24N2. The quantitative estimate of drug-likeness (QED) is 0.834. The van der Waals surface area contributed by atoms with Crippen LogP contribution in [0.3, 0.4) is 0 Å². The number of rotatable bonds is 7. The van der Waals surface area contributed by atoms with E-state index in [0.29, 0.717) is 0 Å². The maximum absolute atomic E-state index is 3.62. The van der Waals surface area contributed by atoms with E-state index in [0.717, 1.165) is 25.7 Å². The lowest BCUT2D eigenvalue weighted by Crippen LogP contribution is -2.21. The molecular weight excluding hydrogens is 256 g/mol. The van der Waals surface area contributed by atoms with Crippen molar-refractivity contribution in [2.45, 2.75) is 38.5 Å². The maximum atomic E-state index is 3.62. The van der Waals surface area contributed by atoms with E-state index in [9.17, 15) is 0 Å². The fourth-order valence-electron chi connectivity index (χ4n) is 2.67. The molecule has 3 rings (SSSR count). The topological polar surface area (TPSA) is 15.3 Å². The maximum Gasteiger partial charge on any atom is 0.0237 e. The van der Waals surface area contributed by atoms with E-state index in [1.807, 2.05) is 0 Å². The van der Waals surface area contributed by atoms with Gasteiger partial charge in [0.1, 0.15) is 0 Å². The van der Waals surface area contributed by atoms with Crippen LogP contribution in [0.25, 0.3) is 0 Å². The molecule has 2 aromatic rings. The molecule has 0 aromatic heterocycles. The van der Waals surface area contributed by atoms with Crippen molar-refractivity contribution in [3.05, 3.63) is 71.3 Å². The zero-order valence-corrected chi connectivity index (χ0v) is 12.8. The Balaban J connectivity index is 1.60. The molecule has 0 amide bonds. The monoisotopic (exact) mass is 280 g/mol. The van der Waals surface area contributed by atoms with Crippen LogP contribution in [0, 0.1) is 0 Å². The van der Waals surface area contributed by atoms with Gasteiger partial charge in [0.25, 0.3) is 0 Å². The molecule has 1 N–H and O–H groups in total. The summed E-state index contributed by atoms with van der Waals surface area (Å²) in [5.41, 5.74) is 4.24. The third-order valence-electron chi connectivity index (χ3n) is 4.01. The molecule has 1 aliphatic carbocycles. The highest BCUT2D eigenvalue weighted by molar-refractivity contribution is 5.27. The van der Waals surface area contributed by atoms with Crippen LogP contribution < -0.4 is 5.32 Å². The molecule has 0 bridgehead atoms. The number of benzene rings is 2. The van der Waals surface area contributed by atoms with Gasteiger partial charge in [-0.05, 0) is 36.6 Å². The molecule has 2 nitrogen and oxygen atoms in total. The molecule has 0 heterocycles. The lowest BCUT2D eigenvalue weighted by molar-refractivity contribution is 0.318. The summed E-state index contributed by atoms with van der Waals surface area (Å²) in [7, 11) is 2.19. The third-order valence-corrected chi connectivity index (χ3v) is 4.01. The molecule has 0 unspecified atom stereocenters. The minimum absolute atomic E-state index is 0.764. The molecule has 110 valence electrons. The number of nitrogens with zero attached hydrogens (tertiary/aromatic N) is 1. The van der Waals surface area contributed by atoms with Crippen molar-refractivity contribution in [3.63, 3.8) is 0 Å². The first-order valence-corrected chi connectivity index (χ1v) is 7.84. The van der Waals surface area contributed by atoms with E-state index >= 15 is 0 Å². The van der Waals surface area contributed by atoms with Crippen molar-refractivity contribution in [1.82, 2.24) is 10.2 Å². The van der Waals surface area contributed by atoms with Gasteiger partial charge < -0.3 is 5.32 Å². The predicted molar refractivity (Wildman–Crippen MR) is 87.9 cm³/mol. The van der Waals surface area contributed by atoms with Crippen molar-refractivity contribution in [1.29, 1.82) is 0 Å². The van der Waals surface area contributed by atoms with Crippen molar-refractivity contribution in [3.8, 4) is 0 Å². The second-order valence-corrected chi connectivity index (χ2v) is 6.08. The van der Waals surface area contributed by atoms with Gasteiger partial charge in [-0.15, -0.1) is 0 Å². The van der Waals surface area contributed by atoms with Crippen LogP contribution in [-0.4, -0.2) is 18.0 Å². The molecule has 1 aliphatic rings. The summed E-state index contributed by atoms with van der Waals surface area (Å²) < 4.78 is 0. The SMILES string of the molecule is CN(Cc1ccccc1)Cc1ccccc1CNC1CC1. The minimum Gasteiger partial charge on any atom is -0.310 e. The molecule has 0 radical (unpaired) electrons. The zero-order valence-electron chi connectivity index (χ0n) is 12.8. The van der Waals surface area contributed by atoms with Gasteiger partial charge in [0.05, 0.1) is 0 Å². The molecule has 21 heavy (non-hydrogen) atoms. The van der Waals surface area contributed by atoms with Gasteiger partial charge in [0, 0.05) is 25.7 Å². The highest BCUT2D eigenvalue weighted by atomic mass is 15.1. The molecule has 0 aliphatic heterocycles. The van der Waals surface area contributed by atoms with Gasteiger partial charge in [0.2, 0.25) is 0 Å². The van der Waals surface area contributed by atoms with E-state index in [1.165, 1.54) is 29.5 Å². The Morgan fingerprint density at radius 3 is 2.29 bits per heavy atom. The standard InChI is InChI=1S/C19H24N2/c1-21(14-16-7-3-2-4-8-16)15-18-10-6-5-9-17(18)13-20-19-11-12-19/h2-10,19-20H,11-15H2,1H3. The summed E-state index contributed by atoms with van der Waals surface area (Å²) in [4.78, 5) is 2.38. The second kappa shape index (κ2) is 6.88. The average Bonchev–Trinajstić information content (AvgIpc) is 3.31. The first-order chi connectivity index (χ1) is 10.3. The Bertz CT molecular complexity index is 561. The normalized spacial score (nSPS) is 14.6. The Kier molecular flexibility index (Phi) is 4.69. The molecule has 0 spiro atoms. The van der Waals surface area contributed by atoms with Crippen LogP contribution in [0.2, 0.25) is 0 Å². The second-order valence-electron chi connectivity index (χ2n) is 6.08. The van der Waals surface area contributed by atoms with Crippen molar-refractivity contribution in [2.24, 2.45) is 0 Å². The summed E-state index contributed by atoms with van der Waals surface area (Å²) in [6.07, 6.45) is 2.69. The van der Waals surface area contributed by atoms with Crippen LogP contribution in [0.15, 0.2) is 54.6 Å². The Labute approximate surface area is 127 Å². The number of hydrogen-bond donors (Lipinski definition) is 1. The average molecular weight is 280 g/mol. The molecule has 2 heteroatoms. The largest absolute Gasteiger partial charge is 0.310 e. The highest BCUT2D eigenvalue weighted by Gasteiger charge is 2.20. The minimum atomic E-state index is 0.764. The fraction of sp³-hybridized carbons (Fsp3) is 0.368. The van der Waals surface area contributed by atoms with E-state index in [-0.39, 0.29) is 0 Å². The number of nitrogens with one attached hydrogen (secondary N) is 1. The van der Waals surface area contributed by atoms with Gasteiger partial charge in [-0.25, -0.2) is 0 Å².